The molecule has 0 fully saturated rings. The molecule has 0 atom stereocenters. The van der Waals surface area contributed by atoms with Gasteiger partial charge in [-0.1, -0.05) is 0 Å². The van der Waals surface area contributed by atoms with Crippen LogP contribution in [0.4, 0.5) is 10.1 Å². The van der Waals surface area contributed by atoms with Crippen molar-refractivity contribution in [2.24, 2.45) is 0 Å². The van der Waals surface area contributed by atoms with Crippen LogP contribution in [0.25, 0.3) is 0 Å². The highest BCUT2D eigenvalue weighted by atomic mass is 32.1. The SMILES string of the molecule is Cc1nc(COc2ccc(N)cc2F)sc1C. The highest BCUT2D eigenvalue weighted by Crippen LogP contribution is 2.22. The zero-order chi connectivity index (χ0) is 12.4. The molecule has 2 aromatic rings. The summed E-state index contributed by atoms with van der Waals surface area (Å²) in [6, 6.07) is 4.38. The highest BCUT2D eigenvalue weighted by Gasteiger charge is 2.07. The van der Waals surface area contributed by atoms with E-state index in [0.29, 0.717) is 5.69 Å². The molecule has 1 aromatic carbocycles. The van der Waals surface area contributed by atoms with Crippen LogP contribution in [-0.4, -0.2) is 4.98 Å². The van der Waals surface area contributed by atoms with Crippen molar-refractivity contribution in [3.05, 3.63) is 39.6 Å². The molecule has 0 bridgehead atoms. The summed E-state index contributed by atoms with van der Waals surface area (Å²) < 4.78 is 18.8. The number of nitrogen functional groups attached to an aromatic ring is 1. The molecule has 0 spiro atoms. The molecule has 1 heterocycles. The van der Waals surface area contributed by atoms with Crippen LogP contribution in [0.3, 0.4) is 0 Å². The van der Waals surface area contributed by atoms with E-state index in [9.17, 15) is 4.39 Å². The second-order valence-electron chi connectivity index (χ2n) is 3.73. The fourth-order valence-corrected chi connectivity index (χ4v) is 2.22. The van der Waals surface area contributed by atoms with E-state index in [1.54, 1.807) is 17.4 Å². The fraction of sp³-hybridized carbons (Fsp3) is 0.250. The molecular weight excluding hydrogens is 239 g/mol. The Balaban J connectivity index is 2.07. The van der Waals surface area contributed by atoms with Crippen molar-refractivity contribution in [3.8, 4) is 5.75 Å². The van der Waals surface area contributed by atoms with Gasteiger partial charge in [-0.2, -0.15) is 0 Å². The second-order valence-corrected chi connectivity index (χ2v) is 5.02. The van der Waals surface area contributed by atoms with Crippen LogP contribution in [0, 0.1) is 19.7 Å². The zero-order valence-electron chi connectivity index (χ0n) is 9.66. The van der Waals surface area contributed by atoms with Gasteiger partial charge in [-0.3, -0.25) is 0 Å². The standard InChI is InChI=1S/C12H13FN2OS/c1-7-8(2)17-12(15-7)6-16-11-4-3-9(14)5-10(11)13/h3-5H,6,14H2,1-2H3. The topological polar surface area (TPSA) is 48.1 Å². The van der Waals surface area contributed by atoms with Crippen molar-refractivity contribution < 1.29 is 9.13 Å². The zero-order valence-corrected chi connectivity index (χ0v) is 10.5. The molecule has 0 unspecified atom stereocenters. The maximum Gasteiger partial charge on any atom is 0.167 e. The van der Waals surface area contributed by atoms with E-state index in [2.05, 4.69) is 4.98 Å². The number of aryl methyl sites for hydroxylation is 2. The first-order valence-corrected chi connectivity index (χ1v) is 5.98. The average Bonchev–Trinajstić information content (AvgIpc) is 2.57. The summed E-state index contributed by atoms with van der Waals surface area (Å²) >= 11 is 1.56. The molecule has 5 heteroatoms. The Morgan fingerprint density at radius 2 is 2.18 bits per heavy atom. The predicted octanol–water partition coefficient (Wildman–Crippen LogP) is 3.06. The van der Waals surface area contributed by atoms with Gasteiger partial charge in [0, 0.05) is 16.6 Å². The van der Waals surface area contributed by atoms with Gasteiger partial charge in [0.1, 0.15) is 11.6 Å². The first kappa shape index (κ1) is 11.9. The van der Waals surface area contributed by atoms with Gasteiger partial charge in [-0.15, -0.1) is 11.3 Å². The maximum absolute atomic E-state index is 13.4. The Morgan fingerprint density at radius 3 is 2.76 bits per heavy atom. The van der Waals surface area contributed by atoms with Crippen LogP contribution in [-0.2, 0) is 6.61 Å². The van der Waals surface area contributed by atoms with E-state index in [1.807, 2.05) is 13.8 Å². The third-order valence-corrected chi connectivity index (χ3v) is 3.43. The van der Waals surface area contributed by atoms with Gasteiger partial charge in [0.05, 0.1) is 5.69 Å². The summed E-state index contributed by atoms with van der Waals surface area (Å²) in [5.74, 6) is -0.250. The lowest BCUT2D eigenvalue weighted by Gasteiger charge is -2.05. The van der Waals surface area contributed by atoms with E-state index in [-0.39, 0.29) is 12.4 Å². The minimum absolute atomic E-state index is 0.199. The molecule has 0 aliphatic heterocycles. The van der Waals surface area contributed by atoms with Crippen LogP contribution >= 0.6 is 11.3 Å². The number of halogens is 1. The summed E-state index contributed by atoms with van der Waals surface area (Å²) in [5.41, 5.74) is 6.83. The normalized spacial score (nSPS) is 10.5. The Bertz CT molecular complexity index is 520. The molecule has 2 rings (SSSR count). The monoisotopic (exact) mass is 252 g/mol. The Hall–Kier alpha value is -1.62. The quantitative estimate of drug-likeness (QED) is 0.854. The number of rotatable bonds is 3. The third kappa shape index (κ3) is 2.74. The average molecular weight is 252 g/mol. The number of anilines is 1. The van der Waals surface area contributed by atoms with Crippen molar-refractivity contribution in [1.29, 1.82) is 0 Å². The summed E-state index contributed by atoms with van der Waals surface area (Å²) in [6.07, 6.45) is 0. The van der Waals surface area contributed by atoms with Crippen LogP contribution < -0.4 is 10.5 Å². The highest BCUT2D eigenvalue weighted by molar-refractivity contribution is 7.11. The molecule has 2 N–H and O–H groups in total. The molecule has 0 aliphatic carbocycles. The largest absolute Gasteiger partial charge is 0.483 e. The minimum atomic E-state index is -0.449. The van der Waals surface area contributed by atoms with Crippen molar-refractivity contribution in [1.82, 2.24) is 4.98 Å². The Morgan fingerprint density at radius 1 is 1.41 bits per heavy atom. The number of nitrogens with zero attached hydrogens (tertiary/aromatic N) is 1. The minimum Gasteiger partial charge on any atom is -0.483 e. The van der Waals surface area contributed by atoms with Gasteiger partial charge in [-0.05, 0) is 26.0 Å². The summed E-state index contributed by atoms with van der Waals surface area (Å²) in [5, 5.41) is 0.844. The van der Waals surface area contributed by atoms with Gasteiger partial charge in [0.2, 0.25) is 0 Å². The molecule has 0 radical (unpaired) electrons. The van der Waals surface area contributed by atoms with Crippen molar-refractivity contribution in [3.63, 3.8) is 0 Å². The summed E-state index contributed by atoms with van der Waals surface area (Å²) in [4.78, 5) is 5.47. The molecule has 3 nitrogen and oxygen atoms in total. The summed E-state index contributed by atoms with van der Waals surface area (Å²) in [6.45, 7) is 4.22. The van der Waals surface area contributed by atoms with Gasteiger partial charge in [0.25, 0.3) is 0 Å². The van der Waals surface area contributed by atoms with Gasteiger partial charge in [-0.25, -0.2) is 9.37 Å². The molecular formula is C12H13FN2OS. The number of benzene rings is 1. The Kier molecular flexibility index (Phi) is 3.28. The molecule has 0 saturated heterocycles. The van der Waals surface area contributed by atoms with E-state index < -0.39 is 5.82 Å². The number of aromatic nitrogens is 1. The molecule has 1 aromatic heterocycles. The van der Waals surface area contributed by atoms with E-state index >= 15 is 0 Å². The van der Waals surface area contributed by atoms with E-state index in [0.717, 1.165) is 15.6 Å². The van der Waals surface area contributed by atoms with Crippen molar-refractivity contribution in [2.45, 2.75) is 20.5 Å². The number of hydrogen-bond acceptors (Lipinski definition) is 4. The van der Waals surface area contributed by atoms with Crippen molar-refractivity contribution >= 4 is 17.0 Å². The predicted molar refractivity (Wildman–Crippen MR) is 66.7 cm³/mol. The molecule has 90 valence electrons. The molecule has 17 heavy (non-hydrogen) atoms. The lowest BCUT2D eigenvalue weighted by molar-refractivity contribution is 0.289. The van der Waals surface area contributed by atoms with Gasteiger partial charge >= 0.3 is 0 Å². The number of hydrogen-bond donors (Lipinski definition) is 1. The second kappa shape index (κ2) is 4.71. The van der Waals surface area contributed by atoms with Crippen LogP contribution in [0.2, 0.25) is 0 Å². The smallest absolute Gasteiger partial charge is 0.167 e. The third-order valence-electron chi connectivity index (χ3n) is 2.38. The van der Waals surface area contributed by atoms with Gasteiger partial charge < -0.3 is 10.5 Å². The lowest BCUT2D eigenvalue weighted by Crippen LogP contribution is -1.98. The Labute approximate surface area is 103 Å². The van der Waals surface area contributed by atoms with Crippen LogP contribution in [0.15, 0.2) is 18.2 Å². The summed E-state index contributed by atoms with van der Waals surface area (Å²) in [7, 11) is 0. The first-order valence-electron chi connectivity index (χ1n) is 5.17. The van der Waals surface area contributed by atoms with E-state index in [1.165, 1.54) is 12.1 Å². The number of ether oxygens (including phenoxy) is 1. The number of thiazole rings is 1. The van der Waals surface area contributed by atoms with Crippen molar-refractivity contribution in [2.75, 3.05) is 5.73 Å². The first-order chi connectivity index (χ1) is 8.06. The molecule has 0 aliphatic rings. The molecule has 0 amide bonds. The van der Waals surface area contributed by atoms with Crippen LogP contribution in [0.1, 0.15) is 15.6 Å². The number of nitrogens with two attached hydrogens (primary N) is 1. The lowest BCUT2D eigenvalue weighted by atomic mass is 10.3. The van der Waals surface area contributed by atoms with E-state index in [4.69, 9.17) is 10.5 Å². The maximum atomic E-state index is 13.4. The fourth-order valence-electron chi connectivity index (χ4n) is 1.37. The van der Waals surface area contributed by atoms with Crippen LogP contribution in [0.5, 0.6) is 5.75 Å². The van der Waals surface area contributed by atoms with Gasteiger partial charge in [0.15, 0.2) is 11.6 Å². The molecule has 0 saturated carbocycles.